The number of aromatic nitrogens is 2. The van der Waals surface area contributed by atoms with Gasteiger partial charge in [-0.05, 0) is 26.2 Å². The maximum Gasteiger partial charge on any atom is 0.324 e. The summed E-state index contributed by atoms with van der Waals surface area (Å²) in [5.74, 6) is 0.00437. The maximum absolute atomic E-state index is 12.5. The molecule has 106 valence electrons. The molecule has 0 saturated carbocycles. The van der Waals surface area contributed by atoms with Crippen LogP contribution in [0.4, 0.5) is 0 Å². The molecule has 1 aromatic rings. The monoisotopic (exact) mass is 287 g/mol. The first kappa shape index (κ1) is 14.0. The number of imidazole rings is 1. The number of aryl methyl sites for hydroxylation is 1. The van der Waals surface area contributed by atoms with E-state index in [9.17, 15) is 13.2 Å². The average Bonchev–Trinajstić information content (AvgIpc) is 2.85. The summed E-state index contributed by atoms with van der Waals surface area (Å²) in [6.07, 6.45) is 3.31. The van der Waals surface area contributed by atoms with Gasteiger partial charge in [-0.25, -0.2) is 13.4 Å². The number of piperidine rings is 1. The highest BCUT2D eigenvalue weighted by Crippen LogP contribution is 2.25. The van der Waals surface area contributed by atoms with E-state index in [0.29, 0.717) is 18.8 Å². The van der Waals surface area contributed by atoms with E-state index < -0.39 is 22.0 Å². The summed E-state index contributed by atoms with van der Waals surface area (Å²) in [4.78, 5) is 18.3. The summed E-state index contributed by atoms with van der Waals surface area (Å²) in [7, 11) is -2.47. The van der Waals surface area contributed by atoms with Crippen LogP contribution in [0.1, 0.15) is 25.1 Å². The van der Waals surface area contributed by atoms with Crippen LogP contribution < -0.4 is 0 Å². The highest BCUT2D eigenvalue weighted by molar-refractivity contribution is 7.89. The van der Waals surface area contributed by atoms with Crippen molar-refractivity contribution in [1.29, 1.82) is 0 Å². The van der Waals surface area contributed by atoms with Gasteiger partial charge in [-0.15, -0.1) is 0 Å². The van der Waals surface area contributed by atoms with Crippen molar-refractivity contribution in [3.63, 3.8) is 0 Å². The fraction of sp³-hybridized carbons (Fsp3) is 0.636. The fourth-order valence-corrected chi connectivity index (χ4v) is 3.83. The van der Waals surface area contributed by atoms with E-state index in [0.717, 1.165) is 12.8 Å². The third-order valence-corrected chi connectivity index (χ3v) is 5.01. The number of nitrogens with zero attached hydrogens (tertiary/aromatic N) is 2. The Balaban J connectivity index is 2.34. The second kappa shape index (κ2) is 5.30. The van der Waals surface area contributed by atoms with Crippen molar-refractivity contribution in [2.75, 3.05) is 13.7 Å². The average molecular weight is 287 g/mol. The second-order valence-electron chi connectivity index (χ2n) is 4.48. The van der Waals surface area contributed by atoms with Gasteiger partial charge in [-0.1, -0.05) is 0 Å². The Morgan fingerprint density at radius 3 is 2.84 bits per heavy atom. The topological polar surface area (TPSA) is 92.4 Å². The zero-order chi connectivity index (χ0) is 14.0. The van der Waals surface area contributed by atoms with Crippen LogP contribution in [0, 0.1) is 6.92 Å². The lowest BCUT2D eigenvalue weighted by Crippen LogP contribution is -2.48. The van der Waals surface area contributed by atoms with Gasteiger partial charge in [0.2, 0.25) is 0 Å². The van der Waals surface area contributed by atoms with Gasteiger partial charge >= 0.3 is 5.97 Å². The maximum atomic E-state index is 12.5. The predicted octanol–water partition coefficient (Wildman–Crippen LogP) is 0.434. The predicted molar refractivity (Wildman–Crippen MR) is 66.9 cm³/mol. The molecule has 1 aromatic heterocycles. The molecule has 7 nitrogen and oxygen atoms in total. The fourth-order valence-electron chi connectivity index (χ4n) is 2.22. The Hall–Kier alpha value is -1.41. The minimum absolute atomic E-state index is 0.0146. The van der Waals surface area contributed by atoms with E-state index in [1.807, 2.05) is 0 Å². The lowest BCUT2D eigenvalue weighted by Gasteiger charge is -2.32. The summed E-state index contributed by atoms with van der Waals surface area (Å²) in [6, 6.07) is -0.743. The van der Waals surface area contributed by atoms with Gasteiger partial charge in [-0.2, -0.15) is 4.31 Å². The van der Waals surface area contributed by atoms with Crippen LogP contribution in [0.5, 0.6) is 0 Å². The molecule has 1 N–H and O–H groups in total. The van der Waals surface area contributed by atoms with Gasteiger partial charge in [0, 0.05) is 6.54 Å². The summed E-state index contributed by atoms with van der Waals surface area (Å²) >= 11 is 0. The number of methoxy groups -OCH3 is 1. The molecule has 1 saturated heterocycles. The lowest BCUT2D eigenvalue weighted by atomic mass is 10.1. The van der Waals surface area contributed by atoms with Crippen molar-refractivity contribution in [3.8, 4) is 0 Å². The van der Waals surface area contributed by atoms with Crippen LogP contribution in [-0.4, -0.2) is 48.4 Å². The van der Waals surface area contributed by atoms with Gasteiger partial charge in [0.25, 0.3) is 10.0 Å². The van der Waals surface area contributed by atoms with E-state index in [1.54, 1.807) is 6.92 Å². The van der Waals surface area contributed by atoms with Crippen LogP contribution in [0.15, 0.2) is 11.2 Å². The van der Waals surface area contributed by atoms with E-state index in [1.165, 1.54) is 17.6 Å². The van der Waals surface area contributed by atoms with Gasteiger partial charge in [0.1, 0.15) is 11.9 Å². The van der Waals surface area contributed by atoms with Gasteiger partial charge in [0.15, 0.2) is 5.03 Å². The Morgan fingerprint density at radius 1 is 1.53 bits per heavy atom. The normalized spacial score (nSPS) is 21.3. The molecule has 0 amide bonds. The molecule has 1 aliphatic rings. The van der Waals surface area contributed by atoms with Crippen molar-refractivity contribution >= 4 is 16.0 Å². The first-order valence-electron chi connectivity index (χ1n) is 6.08. The van der Waals surface area contributed by atoms with Crippen LogP contribution in [-0.2, 0) is 19.6 Å². The van der Waals surface area contributed by atoms with Gasteiger partial charge in [-0.3, -0.25) is 4.79 Å². The van der Waals surface area contributed by atoms with Gasteiger partial charge in [0.05, 0.1) is 13.3 Å². The largest absolute Gasteiger partial charge is 0.468 e. The SMILES string of the molecule is COC(=O)C1CCCCN1S(=O)(=O)c1cnc(C)[nH]1. The van der Waals surface area contributed by atoms with Crippen molar-refractivity contribution in [1.82, 2.24) is 14.3 Å². The number of ether oxygens (including phenoxy) is 1. The van der Waals surface area contributed by atoms with E-state index in [-0.39, 0.29) is 5.03 Å². The summed E-state index contributed by atoms with van der Waals surface area (Å²) < 4.78 is 30.8. The summed E-state index contributed by atoms with van der Waals surface area (Å²) in [5, 5.41) is 0.0146. The zero-order valence-corrected chi connectivity index (χ0v) is 11.7. The number of esters is 1. The zero-order valence-electron chi connectivity index (χ0n) is 10.9. The first-order chi connectivity index (χ1) is 8.96. The second-order valence-corrected chi connectivity index (χ2v) is 6.34. The lowest BCUT2D eigenvalue weighted by molar-refractivity contribution is -0.146. The third kappa shape index (κ3) is 2.64. The van der Waals surface area contributed by atoms with Crippen molar-refractivity contribution in [3.05, 3.63) is 12.0 Å². The minimum atomic E-state index is -3.73. The molecule has 1 fully saturated rings. The Kier molecular flexibility index (Phi) is 3.91. The molecule has 8 heteroatoms. The van der Waals surface area contributed by atoms with E-state index in [2.05, 4.69) is 14.7 Å². The highest BCUT2D eigenvalue weighted by Gasteiger charge is 2.39. The number of sulfonamides is 1. The van der Waals surface area contributed by atoms with Crippen LogP contribution in [0.25, 0.3) is 0 Å². The molecule has 1 unspecified atom stereocenters. The summed E-state index contributed by atoms with van der Waals surface area (Å²) in [6.45, 7) is 1.99. The van der Waals surface area contributed by atoms with Crippen molar-refractivity contribution in [2.45, 2.75) is 37.3 Å². The Morgan fingerprint density at radius 2 is 2.26 bits per heavy atom. The molecule has 1 aliphatic heterocycles. The number of carbonyl (C=O) groups excluding carboxylic acids is 1. The standard InChI is InChI=1S/C11H17N3O4S/c1-8-12-7-10(13-8)19(16,17)14-6-4-3-5-9(14)11(15)18-2/h7,9H,3-6H2,1-2H3,(H,12,13). The molecule has 1 atom stereocenters. The molecular weight excluding hydrogens is 270 g/mol. The van der Waals surface area contributed by atoms with Crippen molar-refractivity contribution in [2.24, 2.45) is 0 Å². The molecule has 0 aliphatic carbocycles. The molecule has 19 heavy (non-hydrogen) atoms. The molecule has 0 radical (unpaired) electrons. The molecule has 0 spiro atoms. The number of nitrogens with one attached hydrogen (secondary N) is 1. The number of carbonyl (C=O) groups is 1. The Bertz CT molecular complexity index is 566. The summed E-state index contributed by atoms with van der Waals surface area (Å²) in [5.41, 5.74) is 0. The van der Waals surface area contributed by atoms with Crippen molar-refractivity contribution < 1.29 is 17.9 Å². The number of hydrogen-bond donors (Lipinski definition) is 1. The van der Waals surface area contributed by atoms with E-state index in [4.69, 9.17) is 0 Å². The smallest absolute Gasteiger partial charge is 0.324 e. The van der Waals surface area contributed by atoms with E-state index >= 15 is 0 Å². The van der Waals surface area contributed by atoms with Crippen LogP contribution in [0.3, 0.4) is 0 Å². The molecule has 0 aromatic carbocycles. The molecule has 2 rings (SSSR count). The van der Waals surface area contributed by atoms with Crippen LogP contribution in [0.2, 0.25) is 0 Å². The quantitative estimate of drug-likeness (QED) is 0.814. The minimum Gasteiger partial charge on any atom is -0.468 e. The van der Waals surface area contributed by atoms with Gasteiger partial charge < -0.3 is 9.72 Å². The highest BCUT2D eigenvalue weighted by atomic mass is 32.2. The van der Waals surface area contributed by atoms with Crippen LogP contribution >= 0.6 is 0 Å². The number of H-pyrrole nitrogens is 1. The molecule has 0 bridgehead atoms. The first-order valence-corrected chi connectivity index (χ1v) is 7.52. The Labute approximate surface area is 112 Å². The number of rotatable bonds is 3. The molecule has 2 heterocycles. The number of hydrogen-bond acceptors (Lipinski definition) is 5. The molecular formula is C11H17N3O4S. The third-order valence-electron chi connectivity index (χ3n) is 3.19. The number of aromatic amines is 1.